The van der Waals surface area contributed by atoms with Gasteiger partial charge in [-0.25, -0.2) is 4.98 Å². The fourth-order valence-electron chi connectivity index (χ4n) is 2.77. The molecule has 0 radical (unpaired) electrons. The summed E-state index contributed by atoms with van der Waals surface area (Å²) in [5.74, 6) is -0.973. The lowest BCUT2D eigenvalue weighted by molar-refractivity contribution is -0.136. The number of carbonyl (C=O) groups excluding carboxylic acids is 3. The molecule has 2 heterocycles. The zero-order valence-electron chi connectivity index (χ0n) is 14.8. The van der Waals surface area contributed by atoms with Crippen molar-refractivity contribution in [2.75, 3.05) is 0 Å². The number of pyridine rings is 1. The Balaban J connectivity index is 2.04. The summed E-state index contributed by atoms with van der Waals surface area (Å²) in [5.41, 5.74) is -0.435. The van der Waals surface area contributed by atoms with Crippen molar-refractivity contribution >= 4 is 40.7 Å². The van der Waals surface area contributed by atoms with Gasteiger partial charge in [0.2, 0.25) is 11.7 Å². The molecule has 1 N–H and O–H groups in total. The summed E-state index contributed by atoms with van der Waals surface area (Å²) in [5, 5.41) is 2.98. The van der Waals surface area contributed by atoms with Gasteiger partial charge < -0.3 is 10.1 Å². The van der Waals surface area contributed by atoms with E-state index in [0.717, 1.165) is 0 Å². The minimum atomic E-state index is -1.20. The summed E-state index contributed by atoms with van der Waals surface area (Å²) < 4.78 is 5.66. The molecule has 27 heavy (non-hydrogen) atoms. The number of nitrogens with zero attached hydrogens (tertiary/aromatic N) is 1. The van der Waals surface area contributed by atoms with E-state index in [9.17, 15) is 14.4 Å². The number of hydrogen-bond donors (Lipinski definition) is 1. The summed E-state index contributed by atoms with van der Waals surface area (Å²) in [7, 11) is 0. The molecular weight excluding hydrogens is 391 g/mol. The molecule has 0 aliphatic carbocycles. The molecule has 0 saturated heterocycles. The van der Waals surface area contributed by atoms with Crippen molar-refractivity contribution < 1.29 is 19.1 Å². The van der Waals surface area contributed by atoms with E-state index in [1.54, 1.807) is 26.0 Å². The molecule has 1 amide bonds. The molecule has 2 aromatic rings. The van der Waals surface area contributed by atoms with Crippen LogP contribution in [0.4, 0.5) is 0 Å². The highest BCUT2D eigenvalue weighted by Gasteiger charge is 2.44. The topological polar surface area (TPSA) is 85.4 Å². The number of fused-ring (bicyclic) bond motifs is 1. The van der Waals surface area contributed by atoms with Crippen LogP contribution in [0.5, 0.6) is 5.88 Å². The van der Waals surface area contributed by atoms with Gasteiger partial charge in [0, 0.05) is 17.3 Å². The van der Waals surface area contributed by atoms with E-state index in [1.165, 1.54) is 25.3 Å². The molecule has 1 aromatic heterocycles. The van der Waals surface area contributed by atoms with Gasteiger partial charge >= 0.3 is 0 Å². The van der Waals surface area contributed by atoms with E-state index < -0.39 is 17.6 Å². The van der Waals surface area contributed by atoms with Crippen LogP contribution in [0.2, 0.25) is 10.0 Å². The number of amides is 1. The van der Waals surface area contributed by atoms with Gasteiger partial charge in [-0.05, 0) is 39.0 Å². The first-order chi connectivity index (χ1) is 12.6. The lowest BCUT2D eigenvalue weighted by Gasteiger charge is -2.35. The molecule has 0 fully saturated rings. The third-order valence-electron chi connectivity index (χ3n) is 4.28. The second-order valence-electron chi connectivity index (χ2n) is 6.66. The maximum Gasteiger partial charge on any atom is 0.253 e. The van der Waals surface area contributed by atoms with Crippen molar-refractivity contribution in [2.24, 2.45) is 0 Å². The fraction of sp³-hybridized carbons (Fsp3) is 0.263. The normalized spacial score (nSPS) is 17.7. The zero-order valence-corrected chi connectivity index (χ0v) is 16.3. The lowest BCUT2D eigenvalue weighted by atomic mass is 9.88. The predicted molar refractivity (Wildman–Crippen MR) is 101 cm³/mol. The number of hydrogen-bond acceptors (Lipinski definition) is 5. The van der Waals surface area contributed by atoms with E-state index >= 15 is 0 Å². The van der Waals surface area contributed by atoms with Gasteiger partial charge in [0.25, 0.3) is 5.91 Å². The summed E-state index contributed by atoms with van der Waals surface area (Å²) in [6.45, 7) is 4.56. The molecule has 1 aliphatic rings. The molecule has 0 saturated carbocycles. The number of rotatable bonds is 3. The second-order valence-corrected chi connectivity index (χ2v) is 7.44. The largest absolute Gasteiger partial charge is 0.463 e. The highest BCUT2D eigenvalue weighted by Crippen LogP contribution is 2.36. The summed E-state index contributed by atoms with van der Waals surface area (Å²) >= 11 is 12.1. The van der Waals surface area contributed by atoms with Gasteiger partial charge in [-0.15, -0.1) is 0 Å². The maximum absolute atomic E-state index is 12.9. The van der Waals surface area contributed by atoms with Crippen molar-refractivity contribution in [3.05, 3.63) is 57.2 Å². The number of halogens is 2. The number of nitrogens with one attached hydrogen (secondary N) is 1. The molecule has 1 aromatic carbocycles. The first-order valence-electron chi connectivity index (χ1n) is 8.11. The van der Waals surface area contributed by atoms with Crippen molar-refractivity contribution in [3.8, 4) is 5.88 Å². The van der Waals surface area contributed by atoms with Gasteiger partial charge in [-0.3, -0.25) is 14.4 Å². The van der Waals surface area contributed by atoms with E-state index in [4.69, 9.17) is 27.9 Å². The number of Topliss-reactive ketones (excluding diaryl/α,β-unsaturated/α-hetero) is 2. The molecule has 1 unspecified atom stereocenters. The average molecular weight is 407 g/mol. The molecule has 3 rings (SSSR count). The molecule has 0 spiro atoms. The number of aromatic nitrogens is 1. The Morgan fingerprint density at radius 1 is 1.26 bits per heavy atom. The van der Waals surface area contributed by atoms with Crippen LogP contribution < -0.4 is 10.1 Å². The third kappa shape index (κ3) is 3.55. The SMILES string of the molecule is CC(=O)c1cnc2c(c1)C(NC(=O)c1cccc(Cl)c1Cl)C(=O)C(C)(C)O2. The Morgan fingerprint density at radius 3 is 2.63 bits per heavy atom. The minimum absolute atomic E-state index is 0.0891. The van der Waals surface area contributed by atoms with Crippen molar-refractivity contribution in [1.29, 1.82) is 0 Å². The number of ether oxygens (including phenoxy) is 1. The van der Waals surface area contributed by atoms with Crippen LogP contribution in [0.3, 0.4) is 0 Å². The fourth-order valence-corrected chi connectivity index (χ4v) is 3.15. The Labute approximate surface area is 165 Å². The first kappa shape index (κ1) is 19.3. The molecule has 8 heteroatoms. The molecule has 1 aliphatic heterocycles. The van der Waals surface area contributed by atoms with Crippen LogP contribution in [-0.2, 0) is 4.79 Å². The Morgan fingerprint density at radius 2 is 1.96 bits per heavy atom. The second kappa shape index (κ2) is 6.94. The van der Waals surface area contributed by atoms with Crippen LogP contribution >= 0.6 is 23.2 Å². The average Bonchev–Trinajstić information content (AvgIpc) is 2.60. The van der Waals surface area contributed by atoms with Crippen molar-refractivity contribution in [1.82, 2.24) is 10.3 Å². The molecule has 1 atom stereocenters. The quantitative estimate of drug-likeness (QED) is 0.783. The van der Waals surface area contributed by atoms with Crippen LogP contribution in [0.15, 0.2) is 30.5 Å². The summed E-state index contributed by atoms with van der Waals surface area (Å²) in [4.78, 5) is 41.5. The number of benzene rings is 1. The van der Waals surface area contributed by atoms with Crippen LogP contribution in [0, 0.1) is 0 Å². The lowest BCUT2D eigenvalue weighted by Crippen LogP contribution is -2.50. The standard InChI is InChI=1S/C19H16Cl2N2O4/c1-9(24)10-7-12-15(16(25)19(2,3)27-18(12)22-8-10)23-17(26)11-5-4-6-13(20)14(11)21/h4-8,15H,1-3H3,(H,23,26). The monoisotopic (exact) mass is 406 g/mol. The highest BCUT2D eigenvalue weighted by molar-refractivity contribution is 6.43. The van der Waals surface area contributed by atoms with Gasteiger partial charge in [-0.2, -0.15) is 0 Å². The van der Waals surface area contributed by atoms with Crippen LogP contribution in [0.25, 0.3) is 0 Å². The third-order valence-corrected chi connectivity index (χ3v) is 5.09. The zero-order chi connectivity index (χ0) is 19.9. The summed E-state index contributed by atoms with van der Waals surface area (Å²) in [6, 6.07) is 5.11. The van der Waals surface area contributed by atoms with Gasteiger partial charge in [0.05, 0.1) is 15.6 Å². The van der Waals surface area contributed by atoms with E-state index in [1.807, 2.05) is 0 Å². The smallest absolute Gasteiger partial charge is 0.253 e. The summed E-state index contributed by atoms with van der Waals surface area (Å²) in [6.07, 6.45) is 1.37. The van der Waals surface area contributed by atoms with Gasteiger partial charge in [0.1, 0.15) is 6.04 Å². The van der Waals surface area contributed by atoms with Gasteiger partial charge in [0.15, 0.2) is 11.4 Å². The highest BCUT2D eigenvalue weighted by atomic mass is 35.5. The first-order valence-corrected chi connectivity index (χ1v) is 8.86. The molecule has 140 valence electrons. The van der Waals surface area contributed by atoms with Crippen molar-refractivity contribution in [2.45, 2.75) is 32.4 Å². The van der Waals surface area contributed by atoms with Crippen molar-refractivity contribution in [3.63, 3.8) is 0 Å². The Kier molecular flexibility index (Phi) is 4.97. The van der Waals surface area contributed by atoms with E-state index in [0.29, 0.717) is 11.1 Å². The number of ketones is 2. The molecular formula is C19H16Cl2N2O4. The number of carbonyl (C=O) groups is 3. The van der Waals surface area contributed by atoms with Crippen LogP contribution in [0.1, 0.15) is 53.1 Å². The maximum atomic E-state index is 12.9. The van der Waals surface area contributed by atoms with Gasteiger partial charge in [-0.1, -0.05) is 29.3 Å². The van der Waals surface area contributed by atoms with E-state index in [2.05, 4.69) is 10.3 Å². The predicted octanol–water partition coefficient (Wildman–Crippen LogP) is 3.80. The Bertz CT molecular complexity index is 972. The molecule has 6 nitrogen and oxygen atoms in total. The molecule has 0 bridgehead atoms. The Hall–Kier alpha value is -2.44. The van der Waals surface area contributed by atoms with E-state index in [-0.39, 0.29) is 33.1 Å². The minimum Gasteiger partial charge on any atom is -0.463 e. The van der Waals surface area contributed by atoms with Crippen LogP contribution in [-0.4, -0.2) is 28.1 Å².